The first-order valence-corrected chi connectivity index (χ1v) is 8.77. The zero-order chi connectivity index (χ0) is 16.5. The fraction of sp³-hybridized carbons (Fsp3) is 0.526. The van der Waals surface area contributed by atoms with E-state index in [9.17, 15) is 0 Å². The van der Waals surface area contributed by atoms with Gasteiger partial charge in [-0.15, -0.1) is 0 Å². The molecule has 0 aliphatic carbocycles. The molecule has 0 N–H and O–H groups in total. The van der Waals surface area contributed by atoms with E-state index in [1.807, 2.05) is 19.9 Å². The lowest BCUT2D eigenvalue weighted by atomic mass is 10.0. The fourth-order valence-corrected chi connectivity index (χ4v) is 3.56. The van der Waals surface area contributed by atoms with Gasteiger partial charge >= 0.3 is 0 Å². The van der Waals surface area contributed by atoms with E-state index < -0.39 is 0 Å². The Bertz CT molecular complexity index is 706. The van der Waals surface area contributed by atoms with Gasteiger partial charge in [-0.1, -0.05) is 6.07 Å². The van der Waals surface area contributed by atoms with Crippen LogP contribution < -0.4 is 9.47 Å². The minimum Gasteiger partial charge on any atom is -0.490 e. The molecule has 0 amide bonds. The second-order valence-corrected chi connectivity index (χ2v) is 6.63. The van der Waals surface area contributed by atoms with Crippen LogP contribution in [0.25, 0.3) is 0 Å². The molecule has 1 saturated heterocycles. The molecule has 0 saturated carbocycles. The Morgan fingerprint density at radius 2 is 1.96 bits per heavy atom. The van der Waals surface area contributed by atoms with E-state index >= 15 is 0 Å². The maximum absolute atomic E-state index is 5.85. The van der Waals surface area contributed by atoms with Gasteiger partial charge in [-0.2, -0.15) is 0 Å². The minimum absolute atomic E-state index is 0.384. The zero-order valence-electron chi connectivity index (χ0n) is 14.4. The largest absolute Gasteiger partial charge is 0.490 e. The molecule has 5 nitrogen and oxygen atoms in total. The number of benzene rings is 1. The van der Waals surface area contributed by atoms with Crippen LogP contribution in [-0.4, -0.2) is 29.6 Å². The predicted octanol–water partition coefficient (Wildman–Crippen LogP) is 3.79. The van der Waals surface area contributed by atoms with Crippen molar-refractivity contribution in [3.05, 3.63) is 41.1 Å². The average Bonchev–Trinajstić information content (AvgIpc) is 3.06. The summed E-state index contributed by atoms with van der Waals surface area (Å²) in [7, 11) is 0. The Morgan fingerprint density at radius 3 is 2.75 bits per heavy atom. The van der Waals surface area contributed by atoms with Crippen LogP contribution in [-0.2, 0) is 6.54 Å². The van der Waals surface area contributed by atoms with E-state index in [2.05, 4.69) is 22.0 Å². The summed E-state index contributed by atoms with van der Waals surface area (Å²) in [6, 6.07) is 6.75. The molecule has 24 heavy (non-hydrogen) atoms. The lowest BCUT2D eigenvalue weighted by molar-refractivity contribution is 0.221. The van der Waals surface area contributed by atoms with Crippen molar-refractivity contribution >= 4 is 0 Å². The highest BCUT2D eigenvalue weighted by atomic mass is 16.5. The first-order valence-electron chi connectivity index (χ1n) is 8.77. The Kier molecular flexibility index (Phi) is 4.19. The third-order valence-electron chi connectivity index (χ3n) is 4.93. The molecule has 1 aromatic heterocycles. The van der Waals surface area contributed by atoms with Crippen LogP contribution in [0.5, 0.6) is 11.5 Å². The van der Waals surface area contributed by atoms with Gasteiger partial charge in [-0.05, 0) is 50.9 Å². The summed E-state index contributed by atoms with van der Waals surface area (Å²) in [6.45, 7) is 7.24. The highest BCUT2D eigenvalue weighted by Gasteiger charge is 2.28. The van der Waals surface area contributed by atoms with E-state index in [0.29, 0.717) is 6.04 Å². The molecule has 4 rings (SSSR count). The van der Waals surface area contributed by atoms with Crippen molar-refractivity contribution in [3.63, 3.8) is 0 Å². The molecule has 3 heterocycles. The maximum atomic E-state index is 5.85. The number of hydrogen-bond acceptors (Lipinski definition) is 5. The van der Waals surface area contributed by atoms with Crippen LogP contribution in [0.4, 0.5) is 0 Å². The van der Waals surface area contributed by atoms with Crippen molar-refractivity contribution in [1.82, 2.24) is 9.88 Å². The van der Waals surface area contributed by atoms with Crippen molar-refractivity contribution in [2.75, 3.05) is 19.8 Å². The normalized spacial score (nSPS) is 21.0. The number of nitrogens with zero attached hydrogens (tertiary/aromatic N) is 2. The van der Waals surface area contributed by atoms with Crippen LogP contribution in [0.1, 0.15) is 48.2 Å². The Hall–Kier alpha value is -2.01. The number of aromatic nitrogens is 1. The maximum Gasteiger partial charge on any atom is 0.208 e. The number of rotatable bonds is 3. The van der Waals surface area contributed by atoms with Gasteiger partial charge in [-0.25, -0.2) is 4.98 Å². The summed E-state index contributed by atoms with van der Waals surface area (Å²) in [5.74, 6) is 3.46. The Morgan fingerprint density at radius 1 is 1.12 bits per heavy atom. The number of fused-ring (bicyclic) bond motifs is 1. The third-order valence-corrected chi connectivity index (χ3v) is 4.93. The average molecular weight is 328 g/mol. The summed E-state index contributed by atoms with van der Waals surface area (Å²) in [5.41, 5.74) is 2.27. The van der Waals surface area contributed by atoms with E-state index in [-0.39, 0.29) is 0 Å². The van der Waals surface area contributed by atoms with E-state index in [1.165, 1.54) is 12.0 Å². The summed E-state index contributed by atoms with van der Waals surface area (Å²) in [6.07, 6.45) is 3.28. The molecule has 1 atom stereocenters. The first kappa shape index (κ1) is 15.5. The van der Waals surface area contributed by atoms with Gasteiger partial charge in [0.2, 0.25) is 5.89 Å². The molecule has 0 radical (unpaired) electrons. The summed E-state index contributed by atoms with van der Waals surface area (Å²) in [4.78, 5) is 6.98. The van der Waals surface area contributed by atoms with Gasteiger partial charge in [0.25, 0.3) is 0 Å². The fourth-order valence-electron chi connectivity index (χ4n) is 3.56. The van der Waals surface area contributed by atoms with Crippen molar-refractivity contribution < 1.29 is 13.9 Å². The standard InChI is InChI=1S/C19H24N2O3/c1-13-14(2)24-19(20-13)12-21-8-3-5-16(21)15-6-7-17-18(11-15)23-10-4-9-22-17/h6-7,11,16H,3-5,8-10,12H2,1-2H3. The van der Waals surface area contributed by atoms with Gasteiger partial charge in [0.05, 0.1) is 25.5 Å². The molecule has 1 fully saturated rings. The van der Waals surface area contributed by atoms with E-state index in [1.54, 1.807) is 0 Å². The molecule has 0 bridgehead atoms. The summed E-state index contributed by atoms with van der Waals surface area (Å²) >= 11 is 0. The zero-order valence-corrected chi connectivity index (χ0v) is 14.4. The van der Waals surface area contributed by atoms with Gasteiger partial charge in [-0.3, -0.25) is 4.90 Å². The lowest BCUT2D eigenvalue weighted by Crippen LogP contribution is -2.23. The number of hydrogen-bond donors (Lipinski definition) is 0. The second-order valence-electron chi connectivity index (χ2n) is 6.63. The van der Waals surface area contributed by atoms with Crippen LogP contribution >= 0.6 is 0 Å². The van der Waals surface area contributed by atoms with Gasteiger partial charge < -0.3 is 13.9 Å². The highest BCUT2D eigenvalue weighted by Crippen LogP contribution is 2.38. The molecule has 1 aromatic carbocycles. The van der Waals surface area contributed by atoms with Crippen LogP contribution in [0.3, 0.4) is 0 Å². The molecule has 2 aliphatic rings. The summed E-state index contributed by atoms with van der Waals surface area (Å²) < 4.78 is 17.4. The molecule has 5 heteroatoms. The molecule has 0 spiro atoms. The molecule has 2 aliphatic heterocycles. The van der Waals surface area contributed by atoms with Crippen molar-refractivity contribution in [1.29, 1.82) is 0 Å². The first-order chi connectivity index (χ1) is 11.7. The lowest BCUT2D eigenvalue weighted by Gasteiger charge is -2.24. The van der Waals surface area contributed by atoms with Crippen molar-refractivity contribution in [2.45, 2.75) is 45.7 Å². The molecule has 1 unspecified atom stereocenters. The minimum atomic E-state index is 0.384. The smallest absolute Gasteiger partial charge is 0.208 e. The molecule has 128 valence electrons. The Labute approximate surface area is 142 Å². The molecular weight excluding hydrogens is 304 g/mol. The van der Waals surface area contributed by atoms with E-state index in [4.69, 9.17) is 13.9 Å². The number of ether oxygens (including phenoxy) is 2. The molecular formula is C19H24N2O3. The molecule has 2 aromatic rings. The van der Waals surface area contributed by atoms with Crippen LogP contribution in [0.15, 0.2) is 22.6 Å². The second kappa shape index (κ2) is 6.48. The quantitative estimate of drug-likeness (QED) is 0.858. The van der Waals surface area contributed by atoms with Crippen LogP contribution in [0, 0.1) is 13.8 Å². The number of likely N-dealkylation sites (tertiary alicyclic amines) is 1. The van der Waals surface area contributed by atoms with Crippen LogP contribution in [0.2, 0.25) is 0 Å². The predicted molar refractivity (Wildman–Crippen MR) is 90.4 cm³/mol. The monoisotopic (exact) mass is 328 g/mol. The van der Waals surface area contributed by atoms with E-state index in [0.717, 1.165) is 68.0 Å². The van der Waals surface area contributed by atoms with Gasteiger partial charge in [0, 0.05) is 12.5 Å². The SMILES string of the molecule is Cc1nc(CN2CCCC2c2ccc3c(c2)OCCCO3)oc1C. The number of aryl methyl sites for hydroxylation is 2. The van der Waals surface area contributed by atoms with Gasteiger partial charge in [0.15, 0.2) is 11.5 Å². The van der Waals surface area contributed by atoms with Crippen molar-refractivity contribution in [2.24, 2.45) is 0 Å². The topological polar surface area (TPSA) is 47.7 Å². The van der Waals surface area contributed by atoms with Gasteiger partial charge in [0.1, 0.15) is 5.76 Å². The Balaban J connectivity index is 1.55. The third kappa shape index (κ3) is 3.00. The summed E-state index contributed by atoms with van der Waals surface area (Å²) in [5, 5.41) is 0. The van der Waals surface area contributed by atoms with Crippen molar-refractivity contribution in [3.8, 4) is 11.5 Å². The number of oxazole rings is 1. The highest BCUT2D eigenvalue weighted by molar-refractivity contribution is 5.44.